The van der Waals surface area contributed by atoms with Crippen LogP contribution in [0.2, 0.25) is 0 Å². The molecule has 4 nitrogen and oxygen atoms in total. The first-order valence-corrected chi connectivity index (χ1v) is 7.58. The van der Waals surface area contributed by atoms with Crippen LogP contribution in [0.1, 0.15) is 0 Å². The third-order valence-electron chi connectivity index (χ3n) is 3.96. The SMILES string of the molecule is COCCN1c2ccccc2N(CCOC)c2ccccc21. The third kappa shape index (κ3) is 2.67. The summed E-state index contributed by atoms with van der Waals surface area (Å²) in [5.41, 5.74) is 4.87. The molecule has 2 aromatic rings. The third-order valence-corrected chi connectivity index (χ3v) is 3.96. The molecule has 0 aromatic heterocycles. The Morgan fingerprint density at radius 2 is 0.955 bits per heavy atom. The van der Waals surface area contributed by atoms with Gasteiger partial charge in [-0.1, -0.05) is 24.3 Å². The zero-order valence-corrected chi connectivity index (χ0v) is 13.2. The molecule has 1 heterocycles. The second kappa shape index (κ2) is 6.81. The smallest absolute Gasteiger partial charge is 0.0653 e. The van der Waals surface area contributed by atoms with Gasteiger partial charge in [-0.05, 0) is 24.3 Å². The van der Waals surface area contributed by atoms with Crippen LogP contribution in [0.3, 0.4) is 0 Å². The minimum Gasteiger partial charge on any atom is -0.383 e. The van der Waals surface area contributed by atoms with Gasteiger partial charge in [0.05, 0.1) is 36.0 Å². The minimum atomic E-state index is 0.695. The van der Waals surface area contributed by atoms with Crippen molar-refractivity contribution in [2.75, 3.05) is 50.3 Å². The van der Waals surface area contributed by atoms with E-state index in [1.807, 2.05) is 0 Å². The predicted octanol–water partition coefficient (Wildman–Crippen LogP) is 3.57. The largest absolute Gasteiger partial charge is 0.383 e. The van der Waals surface area contributed by atoms with Gasteiger partial charge in [-0.15, -0.1) is 0 Å². The van der Waals surface area contributed by atoms with Gasteiger partial charge in [-0.3, -0.25) is 0 Å². The number of rotatable bonds is 6. The summed E-state index contributed by atoms with van der Waals surface area (Å²) in [6.07, 6.45) is 0. The number of para-hydroxylation sites is 4. The molecule has 116 valence electrons. The van der Waals surface area contributed by atoms with Crippen molar-refractivity contribution < 1.29 is 9.47 Å². The highest BCUT2D eigenvalue weighted by molar-refractivity contribution is 5.93. The number of hydrogen-bond donors (Lipinski definition) is 0. The maximum atomic E-state index is 5.29. The molecule has 0 saturated heterocycles. The van der Waals surface area contributed by atoms with Gasteiger partial charge in [0.2, 0.25) is 0 Å². The highest BCUT2D eigenvalue weighted by atomic mass is 16.5. The summed E-state index contributed by atoms with van der Waals surface area (Å²) in [6.45, 7) is 3.06. The molecule has 0 bridgehead atoms. The van der Waals surface area contributed by atoms with Gasteiger partial charge in [-0.25, -0.2) is 0 Å². The molecule has 0 fully saturated rings. The van der Waals surface area contributed by atoms with Gasteiger partial charge in [0.15, 0.2) is 0 Å². The highest BCUT2D eigenvalue weighted by Gasteiger charge is 2.27. The quantitative estimate of drug-likeness (QED) is 0.814. The lowest BCUT2D eigenvalue weighted by Crippen LogP contribution is -2.33. The molecule has 0 amide bonds. The van der Waals surface area contributed by atoms with E-state index < -0.39 is 0 Å². The molecule has 0 aliphatic carbocycles. The normalized spacial score (nSPS) is 13.0. The zero-order valence-electron chi connectivity index (χ0n) is 13.2. The first kappa shape index (κ1) is 14.9. The second-order valence-corrected chi connectivity index (χ2v) is 5.27. The fourth-order valence-corrected chi connectivity index (χ4v) is 2.95. The Bertz CT molecular complexity index is 528. The van der Waals surface area contributed by atoms with Crippen molar-refractivity contribution in [3.05, 3.63) is 48.5 Å². The number of benzene rings is 2. The van der Waals surface area contributed by atoms with Crippen LogP contribution >= 0.6 is 0 Å². The number of methoxy groups -OCH3 is 2. The average Bonchev–Trinajstić information content (AvgIpc) is 2.58. The molecule has 1 aliphatic rings. The Morgan fingerprint density at radius 3 is 1.23 bits per heavy atom. The minimum absolute atomic E-state index is 0.695. The van der Waals surface area contributed by atoms with Crippen molar-refractivity contribution in [2.24, 2.45) is 0 Å². The molecule has 0 radical (unpaired) electrons. The second-order valence-electron chi connectivity index (χ2n) is 5.27. The Labute approximate surface area is 131 Å². The van der Waals surface area contributed by atoms with E-state index >= 15 is 0 Å². The molecule has 0 N–H and O–H groups in total. The van der Waals surface area contributed by atoms with Crippen molar-refractivity contribution in [1.82, 2.24) is 0 Å². The van der Waals surface area contributed by atoms with Crippen molar-refractivity contribution >= 4 is 22.7 Å². The maximum Gasteiger partial charge on any atom is 0.0653 e. The molecule has 1 aliphatic heterocycles. The van der Waals surface area contributed by atoms with E-state index in [1.54, 1.807) is 14.2 Å². The van der Waals surface area contributed by atoms with Crippen LogP contribution in [-0.4, -0.2) is 40.5 Å². The predicted molar refractivity (Wildman–Crippen MR) is 90.6 cm³/mol. The van der Waals surface area contributed by atoms with Crippen LogP contribution in [0, 0.1) is 0 Å². The van der Waals surface area contributed by atoms with E-state index in [1.165, 1.54) is 22.7 Å². The summed E-state index contributed by atoms with van der Waals surface area (Å²) in [5, 5.41) is 0. The summed E-state index contributed by atoms with van der Waals surface area (Å²) in [6, 6.07) is 17.0. The van der Waals surface area contributed by atoms with E-state index in [-0.39, 0.29) is 0 Å². The summed E-state index contributed by atoms with van der Waals surface area (Å²) in [5.74, 6) is 0. The van der Waals surface area contributed by atoms with Crippen LogP contribution in [-0.2, 0) is 9.47 Å². The lowest BCUT2D eigenvalue weighted by Gasteiger charge is -2.40. The number of fused-ring (bicyclic) bond motifs is 2. The summed E-state index contributed by atoms with van der Waals surface area (Å²) in [7, 11) is 3.49. The van der Waals surface area contributed by atoms with Gasteiger partial charge in [0.1, 0.15) is 0 Å². The molecule has 4 heteroatoms. The fourth-order valence-electron chi connectivity index (χ4n) is 2.95. The van der Waals surface area contributed by atoms with Crippen LogP contribution in [0.25, 0.3) is 0 Å². The topological polar surface area (TPSA) is 24.9 Å². The lowest BCUT2D eigenvalue weighted by atomic mass is 10.1. The Kier molecular flexibility index (Phi) is 4.61. The highest BCUT2D eigenvalue weighted by Crippen LogP contribution is 2.47. The molecule has 0 atom stereocenters. The molecule has 22 heavy (non-hydrogen) atoms. The number of nitrogens with zero attached hydrogens (tertiary/aromatic N) is 2. The number of ether oxygens (including phenoxy) is 2. The molecular weight excluding hydrogens is 276 g/mol. The number of anilines is 4. The molecular formula is C18H22N2O2. The summed E-state index contributed by atoms with van der Waals surface area (Å²) >= 11 is 0. The van der Waals surface area contributed by atoms with Crippen molar-refractivity contribution in [3.8, 4) is 0 Å². The van der Waals surface area contributed by atoms with Gasteiger partial charge in [0, 0.05) is 27.3 Å². The van der Waals surface area contributed by atoms with E-state index in [0.29, 0.717) is 13.2 Å². The molecule has 0 saturated carbocycles. The first-order chi connectivity index (χ1) is 10.9. The van der Waals surface area contributed by atoms with E-state index in [9.17, 15) is 0 Å². The van der Waals surface area contributed by atoms with E-state index in [4.69, 9.17) is 9.47 Å². The fraction of sp³-hybridized carbons (Fsp3) is 0.333. The van der Waals surface area contributed by atoms with Gasteiger partial charge >= 0.3 is 0 Å². The average molecular weight is 298 g/mol. The van der Waals surface area contributed by atoms with E-state index in [0.717, 1.165) is 13.1 Å². The Morgan fingerprint density at radius 1 is 0.636 bits per heavy atom. The first-order valence-electron chi connectivity index (χ1n) is 7.58. The van der Waals surface area contributed by atoms with Crippen molar-refractivity contribution in [3.63, 3.8) is 0 Å². The number of hydrogen-bond acceptors (Lipinski definition) is 4. The Hall–Kier alpha value is -2.04. The lowest BCUT2D eigenvalue weighted by molar-refractivity contribution is 0.206. The summed E-state index contributed by atoms with van der Waals surface area (Å²) in [4.78, 5) is 4.66. The van der Waals surface area contributed by atoms with Gasteiger partial charge in [0.25, 0.3) is 0 Å². The van der Waals surface area contributed by atoms with Crippen LogP contribution < -0.4 is 9.80 Å². The maximum absolute atomic E-state index is 5.29. The zero-order chi connectivity index (χ0) is 15.4. The summed E-state index contributed by atoms with van der Waals surface area (Å²) < 4.78 is 10.6. The van der Waals surface area contributed by atoms with Gasteiger partial charge in [-0.2, -0.15) is 0 Å². The Balaban J connectivity index is 2.06. The molecule has 0 unspecified atom stereocenters. The molecule has 0 spiro atoms. The molecule has 3 rings (SSSR count). The van der Waals surface area contributed by atoms with Crippen LogP contribution in [0.15, 0.2) is 48.5 Å². The van der Waals surface area contributed by atoms with Crippen molar-refractivity contribution in [1.29, 1.82) is 0 Å². The van der Waals surface area contributed by atoms with E-state index in [2.05, 4.69) is 58.3 Å². The monoisotopic (exact) mass is 298 g/mol. The van der Waals surface area contributed by atoms with Crippen LogP contribution in [0.4, 0.5) is 22.7 Å². The van der Waals surface area contributed by atoms with Crippen LogP contribution in [0.5, 0.6) is 0 Å². The standard InChI is InChI=1S/C18H22N2O2/c1-21-13-11-19-15-7-3-5-9-17(15)20(12-14-22-2)18-10-6-4-8-16(18)19/h3-10H,11-14H2,1-2H3. The van der Waals surface area contributed by atoms with Gasteiger partial charge < -0.3 is 19.3 Å². The molecule has 2 aromatic carbocycles. The van der Waals surface area contributed by atoms with Crippen molar-refractivity contribution in [2.45, 2.75) is 0 Å².